The van der Waals surface area contributed by atoms with E-state index in [1.54, 1.807) is 19.2 Å². The number of aliphatic hydroxyl groups is 1. The van der Waals surface area contributed by atoms with Gasteiger partial charge in [-0.1, -0.05) is 6.07 Å². The molecule has 1 aromatic rings. The van der Waals surface area contributed by atoms with Crippen LogP contribution in [0.1, 0.15) is 12.0 Å². The average molecular weight is 252 g/mol. The van der Waals surface area contributed by atoms with Crippen LogP contribution in [0.15, 0.2) is 18.2 Å². The smallest absolute Gasteiger partial charge is 0.292 e. The van der Waals surface area contributed by atoms with Gasteiger partial charge in [0.1, 0.15) is 5.69 Å². The minimum Gasteiger partial charge on any atom is -0.392 e. The zero-order valence-electron chi connectivity index (χ0n) is 10.2. The molecule has 1 atom stereocenters. The van der Waals surface area contributed by atoms with Crippen LogP contribution in [0, 0.1) is 10.1 Å². The van der Waals surface area contributed by atoms with Gasteiger partial charge in [-0.15, -0.1) is 0 Å². The molecule has 1 N–H and O–H groups in total. The summed E-state index contributed by atoms with van der Waals surface area (Å²) in [6.45, 7) is 1.22. The first-order valence-corrected chi connectivity index (χ1v) is 5.81. The molecule has 0 aliphatic carbocycles. The van der Waals surface area contributed by atoms with Crippen molar-refractivity contribution in [1.29, 1.82) is 0 Å². The second-order valence-electron chi connectivity index (χ2n) is 4.33. The Morgan fingerprint density at radius 3 is 2.94 bits per heavy atom. The molecule has 2 rings (SSSR count). The third kappa shape index (κ3) is 2.44. The van der Waals surface area contributed by atoms with E-state index in [0.717, 1.165) is 13.0 Å². The Bertz CT molecular complexity index is 450. The summed E-state index contributed by atoms with van der Waals surface area (Å²) in [4.78, 5) is 12.6. The van der Waals surface area contributed by atoms with Crippen molar-refractivity contribution in [3.63, 3.8) is 0 Å². The molecule has 0 radical (unpaired) electrons. The highest BCUT2D eigenvalue weighted by Gasteiger charge is 2.27. The van der Waals surface area contributed by atoms with Crippen LogP contribution in [-0.4, -0.2) is 36.3 Å². The Labute approximate surface area is 105 Å². The van der Waals surface area contributed by atoms with E-state index in [0.29, 0.717) is 17.8 Å². The van der Waals surface area contributed by atoms with Gasteiger partial charge in [0.05, 0.1) is 17.6 Å². The molecule has 1 saturated heterocycles. The van der Waals surface area contributed by atoms with Gasteiger partial charge in [0, 0.05) is 26.3 Å². The second kappa shape index (κ2) is 5.32. The van der Waals surface area contributed by atoms with E-state index >= 15 is 0 Å². The number of ether oxygens (including phenoxy) is 1. The molecular formula is C12H16N2O4. The van der Waals surface area contributed by atoms with Gasteiger partial charge in [-0.05, 0) is 18.1 Å². The number of rotatable bonds is 4. The Hall–Kier alpha value is -1.66. The number of nitro benzene ring substituents is 1. The van der Waals surface area contributed by atoms with Gasteiger partial charge >= 0.3 is 0 Å². The van der Waals surface area contributed by atoms with E-state index in [1.807, 2.05) is 4.90 Å². The summed E-state index contributed by atoms with van der Waals surface area (Å²) in [5, 5.41) is 20.1. The Morgan fingerprint density at radius 1 is 1.61 bits per heavy atom. The van der Waals surface area contributed by atoms with Crippen molar-refractivity contribution in [2.75, 3.05) is 25.1 Å². The standard InChI is InChI=1S/C12H16N2O4/c1-18-10-4-5-13(7-10)11-3-2-9(8-15)6-12(11)14(16)17/h2-3,6,10,15H,4-5,7-8H2,1H3. The molecule has 1 heterocycles. The lowest BCUT2D eigenvalue weighted by Crippen LogP contribution is -2.23. The van der Waals surface area contributed by atoms with Crippen molar-refractivity contribution in [2.24, 2.45) is 0 Å². The lowest BCUT2D eigenvalue weighted by atomic mass is 10.1. The molecule has 98 valence electrons. The molecule has 0 aromatic heterocycles. The summed E-state index contributed by atoms with van der Waals surface area (Å²) < 4.78 is 5.26. The maximum atomic E-state index is 11.1. The van der Waals surface area contributed by atoms with Gasteiger partial charge in [0.15, 0.2) is 0 Å². The average Bonchev–Trinajstić information content (AvgIpc) is 2.86. The zero-order valence-corrected chi connectivity index (χ0v) is 10.2. The fourth-order valence-corrected chi connectivity index (χ4v) is 2.22. The summed E-state index contributed by atoms with van der Waals surface area (Å²) in [6.07, 6.45) is 0.997. The molecule has 0 spiro atoms. The summed E-state index contributed by atoms with van der Waals surface area (Å²) in [7, 11) is 1.65. The Kier molecular flexibility index (Phi) is 3.78. The van der Waals surface area contributed by atoms with E-state index in [4.69, 9.17) is 9.84 Å². The van der Waals surface area contributed by atoms with Gasteiger partial charge in [0.25, 0.3) is 5.69 Å². The monoisotopic (exact) mass is 252 g/mol. The molecule has 1 aromatic carbocycles. The van der Waals surface area contributed by atoms with Crippen LogP contribution in [0.5, 0.6) is 0 Å². The fourth-order valence-electron chi connectivity index (χ4n) is 2.22. The van der Waals surface area contributed by atoms with E-state index in [-0.39, 0.29) is 18.4 Å². The first kappa shape index (κ1) is 12.8. The van der Waals surface area contributed by atoms with Crippen molar-refractivity contribution in [3.8, 4) is 0 Å². The highest BCUT2D eigenvalue weighted by Crippen LogP contribution is 2.32. The topological polar surface area (TPSA) is 75.8 Å². The normalized spacial score (nSPS) is 19.2. The van der Waals surface area contributed by atoms with Crippen molar-refractivity contribution in [2.45, 2.75) is 19.1 Å². The fraction of sp³-hybridized carbons (Fsp3) is 0.500. The van der Waals surface area contributed by atoms with Gasteiger partial charge in [-0.3, -0.25) is 10.1 Å². The van der Waals surface area contributed by atoms with Gasteiger partial charge in [-0.25, -0.2) is 0 Å². The summed E-state index contributed by atoms with van der Waals surface area (Å²) in [6, 6.07) is 4.83. The molecular weight excluding hydrogens is 236 g/mol. The number of anilines is 1. The number of aliphatic hydroxyl groups excluding tert-OH is 1. The second-order valence-corrected chi connectivity index (χ2v) is 4.33. The Morgan fingerprint density at radius 2 is 2.39 bits per heavy atom. The predicted octanol–water partition coefficient (Wildman–Crippen LogP) is 1.31. The van der Waals surface area contributed by atoms with Crippen LogP contribution in [0.25, 0.3) is 0 Å². The number of benzene rings is 1. The lowest BCUT2D eigenvalue weighted by molar-refractivity contribution is -0.384. The summed E-state index contributed by atoms with van der Waals surface area (Å²) >= 11 is 0. The van der Waals surface area contributed by atoms with Gasteiger partial charge < -0.3 is 14.7 Å². The van der Waals surface area contributed by atoms with E-state index in [9.17, 15) is 10.1 Å². The molecule has 1 aliphatic heterocycles. The quantitative estimate of drug-likeness (QED) is 0.646. The predicted molar refractivity (Wildman–Crippen MR) is 66.6 cm³/mol. The molecule has 1 unspecified atom stereocenters. The van der Waals surface area contributed by atoms with Crippen LogP contribution in [-0.2, 0) is 11.3 Å². The van der Waals surface area contributed by atoms with Crippen molar-refractivity contribution >= 4 is 11.4 Å². The molecule has 6 heteroatoms. The molecule has 18 heavy (non-hydrogen) atoms. The highest BCUT2D eigenvalue weighted by molar-refractivity contribution is 5.64. The molecule has 6 nitrogen and oxygen atoms in total. The van der Waals surface area contributed by atoms with Crippen LogP contribution >= 0.6 is 0 Å². The van der Waals surface area contributed by atoms with Crippen LogP contribution in [0.2, 0.25) is 0 Å². The van der Waals surface area contributed by atoms with Crippen LogP contribution < -0.4 is 4.90 Å². The minimum absolute atomic E-state index is 0.0401. The lowest BCUT2D eigenvalue weighted by Gasteiger charge is -2.18. The zero-order chi connectivity index (χ0) is 13.1. The maximum Gasteiger partial charge on any atom is 0.292 e. The van der Waals surface area contributed by atoms with Crippen molar-refractivity contribution < 1.29 is 14.8 Å². The highest BCUT2D eigenvalue weighted by atomic mass is 16.6. The summed E-state index contributed by atoms with van der Waals surface area (Å²) in [5.74, 6) is 0. The summed E-state index contributed by atoms with van der Waals surface area (Å²) in [5.41, 5.74) is 1.18. The molecule has 1 aliphatic rings. The number of methoxy groups -OCH3 is 1. The van der Waals surface area contributed by atoms with Gasteiger partial charge in [-0.2, -0.15) is 0 Å². The third-order valence-electron chi connectivity index (χ3n) is 3.24. The number of nitro groups is 1. The molecule has 1 fully saturated rings. The SMILES string of the molecule is COC1CCN(c2ccc(CO)cc2[N+](=O)[O-])C1. The van der Waals surface area contributed by atoms with Crippen molar-refractivity contribution in [1.82, 2.24) is 0 Å². The van der Waals surface area contributed by atoms with E-state index in [2.05, 4.69) is 0 Å². The first-order valence-electron chi connectivity index (χ1n) is 5.81. The van der Waals surface area contributed by atoms with E-state index in [1.165, 1.54) is 6.07 Å². The Balaban J connectivity index is 2.30. The first-order chi connectivity index (χ1) is 8.65. The number of hydrogen-bond acceptors (Lipinski definition) is 5. The molecule has 0 saturated carbocycles. The third-order valence-corrected chi connectivity index (χ3v) is 3.24. The van der Waals surface area contributed by atoms with Gasteiger partial charge in [0.2, 0.25) is 0 Å². The van der Waals surface area contributed by atoms with E-state index < -0.39 is 4.92 Å². The molecule has 0 bridgehead atoms. The van der Waals surface area contributed by atoms with Crippen molar-refractivity contribution in [3.05, 3.63) is 33.9 Å². The largest absolute Gasteiger partial charge is 0.392 e. The molecule has 0 amide bonds. The number of nitrogens with zero attached hydrogens (tertiary/aromatic N) is 2. The van der Waals surface area contributed by atoms with Crippen LogP contribution in [0.4, 0.5) is 11.4 Å². The number of hydrogen-bond donors (Lipinski definition) is 1. The maximum absolute atomic E-state index is 11.1. The van der Waals surface area contributed by atoms with Crippen LogP contribution in [0.3, 0.4) is 0 Å². The minimum atomic E-state index is -0.408.